The molecule has 0 aliphatic carbocycles. The van der Waals surface area contributed by atoms with Gasteiger partial charge in [-0.25, -0.2) is 13.4 Å². The Bertz CT molecular complexity index is 1030. The lowest BCUT2D eigenvalue weighted by Gasteiger charge is -2.26. The summed E-state index contributed by atoms with van der Waals surface area (Å²) in [5, 5.41) is 4.68. The van der Waals surface area contributed by atoms with E-state index in [1.807, 2.05) is 0 Å². The lowest BCUT2D eigenvalue weighted by atomic mass is 10.1. The molecule has 1 aliphatic heterocycles. The van der Waals surface area contributed by atoms with Crippen molar-refractivity contribution in [2.45, 2.75) is 44.4 Å². The van der Waals surface area contributed by atoms with Gasteiger partial charge in [-0.3, -0.25) is 14.9 Å². The normalized spacial score (nSPS) is 15.0. The number of aromatic nitrogens is 1. The third-order valence-corrected chi connectivity index (χ3v) is 7.63. The molecular weight excluding hydrogens is 426 g/mol. The van der Waals surface area contributed by atoms with Crippen LogP contribution in [0, 0.1) is 6.92 Å². The molecule has 1 amide bonds. The van der Waals surface area contributed by atoms with E-state index in [9.17, 15) is 18.0 Å². The first-order valence-electron chi connectivity index (χ1n) is 9.83. The van der Waals surface area contributed by atoms with E-state index in [-0.39, 0.29) is 22.8 Å². The van der Waals surface area contributed by atoms with Crippen molar-refractivity contribution < 1.29 is 22.7 Å². The number of carbonyl (C=O) groups is 2. The predicted molar refractivity (Wildman–Crippen MR) is 114 cm³/mol. The molecular formula is C20H25N3O5S2. The van der Waals surface area contributed by atoms with Crippen LogP contribution in [0.5, 0.6) is 0 Å². The highest BCUT2D eigenvalue weighted by Gasteiger charge is 2.28. The van der Waals surface area contributed by atoms with Gasteiger partial charge in [0, 0.05) is 24.0 Å². The van der Waals surface area contributed by atoms with Gasteiger partial charge in [-0.15, -0.1) is 11.3 Å². The largest absolute Gasteiger partial charge is 0.466 e. The van der Waals surface area contributed by atoms with E-state index >= 15 is 0 Å². The number of thiazole rings is 1. The van der Waals surface area contributed by atoms with E-state index in [2.05, 4.69) is 10.3 Å². The lowest BCUT2D eigenvalue weighted by molar-refractivity contribution is -0.142. The van der Waals surface area contributed by atoms with Crippen LogP contribution in [0.25, 0.3) is 0 Å². The van der Waals surface area contributed by atoms with E-state index in [0.29, 0.717) is 36.1 Å². The summed E-state index contributed by atoms with van der Waals surface area (Å²) in [5.74, 6) is -0.839. The average molecular weight is 452 g/mol. The van der Waals surface area contributed by atoms with Crippen LogP contribution in [0.15, 0.2) is 28.5 Å². The Morgan fingerprint density at radius 1 is 1.23 bits per heavy atom. The van der Waals surface area contributed by atoms with Crippen LogP contribution >= 0.6 is 11.3 Å². The zero-order valence-electron chi connectivity index (χ0n) is 17.0. The Morgan fingerprint density at radius 2 is 1.97 bits per heavy atom. The monoisotopic (exact) mass is 451 g/mol. The standard InChI is InChI=1S/C20H25N3O5S2/c1-3-28-18(24)12-16-13-29-20(21-16)22-19(25)15-8-7-14(2)17(11-15)30(26,27)23-9-5-4-6-10-23/h7-8,11,13H,3-6,9-10,12H2,1-2H3,(H,21,22,25). The molecule has 1 saturated heterocycles. The molecule has 162 valence electrons. The first-order chi connectivity index (χ1) is 14.3. The van der Waals surface area contributed by atoms with Crippen molar-refractivity contribution in [1.29, 1.82) is 0 Å². The minimum Gasteiger partial charge on any atom is -0.466 e. The van der Waals surface area contributed by atoms with Crippen LogP contribution in [0.3, 0.4) is 0 Å². The van der Waals surface area contributed by atoms with Crippen LogP contribution in [-0.2, 0) is 26.0 Å². The number of amides is 1. The minimum atomic E-state index is -3.65. The highest BCUT2D eigenvalue weighted by Crippen LogP contribution is 2.25. The first-order valence-corrected chi connectivity index (χ1v) is 12.2. The van der Waals surface area contributed by atoms with Crippen LogP contribution in [-0.4, -0.2) is 49.3 Å². The fourth-order valence-electron chi connectivity index (χ4n) is 3.24. The summed E-state index contributed by atoms with van der Waals surface area (Å²) in [7, 11) is -3.65. The van der Waals surface area contributed by atoms with Gasteiger partial charge in [-0.1, -0.05) is 12.5 Å². The van der Waals surface area contributed by atoms with Gasteiger partial charge < -0.3 is 4.74 Å². The molecule has 0 atom stereocenters. The van der Waals surface area contributed by atoms with Crippen LogP contribution < -0.4 is 5.32 Å². The molecule has 2 heterocycles. The Morgan fingerprint density at radius 3 is 2.67 bits per heavy atom. The van der Waals surface area contributed by atoms with Gasteiger partial charge in [0.1, 0.15) is 0 Å². The van der Waals surface area contributed by atoms with E-state index in [1.54, 1.807) is 31.4 Å². The Balaban J connectivity index is 1.75. The number of hydrogen-bond acceptors (Lipinski definition) is 7. The van der Waals surface area contributed by atoms with Gasteiger partial charge in [-0.2, -0.15) is 4.31 Å². The molecule has 0 saturated carbocycles. The number of nitrogens with zero attached hydrogens (tertiary/aromatic N) is 2. The Kier molecular flexibility index (Phi) is 7.22. The molecule has 1 aromatic carbocycles. The van der Waals surface area contributed by atoms with Gasteiger partial charge in [0.15, 0.2) is 5.13 Å². The van der Waals surface area contributed by atoms with Crippen molar-refractivity contribution in [1.82, 2.24) is 9.29 Å². The van der Waals surface area contributed by atoms with E-state index < -0.39 is 15.9 Å². The third kappa shape index (κ3) is 5.24. The minimum absolute atomic E-state index is 0.0307. The van der Waals surface area contributed by atoms with Crippen molar-refractivity contribution in [3.05, 3.63) is 40.4 Å². The number of piperidine rings is 1. The van der Waals surface area contributed by atoms with Gasteiger partial charge in [0.25, 0.3) is 5.91 Å². The highest BCUT2D eigenvalue weighted by molar-refractivity contribution is 7.89. The van der Waals surface area contributed by atoms with E-state index in [1.165, 1.54) is 21.7 Å². The molecule has 10 heteroatoms. The fourth-order valence-corrected chi connectivity index (χ4v) is 5.71. The second kappa shape index (κ2) is 9.67. The van der Waals surface area contributed by atoms with Crippen LogP contribution in [0.1, 0.15) is 47.8 Å². The number of hydrogen-bond donors (Lipinski definition) is 1. The van der Waals surface area contributed by atoms with Crippen molar-refractivity contribution >= 4 is 38.4 Å². The topological polar surface area (TPSA) is 106 Å². The van der Waals surface area contributed by atoms with Gasteiger partial charge in [0.05, 0.1) is 23.6 Å². The maximum Gasteiger partial charge on any atom is 0.311 e. The zero-order valence-corrected chi connectivity index (χ0v) is 18.6. The maximum atomic E-state index is 13.0. The quantitative estimate of drug-likeness (QED) is 0.649. The smallest absolute Gasteiger partial charge is 0.311 e. The van der Waals surface area contributed by atoms with Crippen molar-refractivity contribution in [3.8, 4) is 0 Å². The molecule has 1 aromatic heterocycles. The molecule has 1 aliphatic rings. The lowest BCUT2D eigenvalue weighted by Crippen LogP contribution is -2.36. The first kappa shape index (κ1) is 22.4. The Hall–Kier alpha value is -2.30. The van der Waals surface area contributed by atoms with E-state index in [0.717, 1.165) is 19.3 Å². The number of benzene rings is 1. The molecule has 1 N–H and O–H groups in total. The maximum absolute atomic E-state index is 13.0. The summed E-state index contributed by atoms with van der Waals surface area (Å²) in [6.45, 7) is 4.75. The van der Waals surface area contributed by atoms with Crippen molar-refractivity contribution in [2.75, 3.05) is 25.0 Å². The second-order valence-electron chi connectivity index (χ2n) is 7.02. The number of ether oxygens (including phenoxy) is 1. The summed E-state index contributed by atoms with van der Waals surface area (Å²) >= 11 is 1.19. The molecule has 8 nitrogen and oxygen atoms in total. The van der Waals surface area contributed by atoms with Crippen LogP contribution in [0.2, 0.25) is 0 Å². The van der Waals surface area contributed by atoms with Crippen molar-refractivity contribution in [2.24, 2.45) is 0 Å². The van der Waals surface area contributed by atoms with Gasteiger partial charge >= 0.3 is 5.97 Å². The molecule has 0 bridgehead atoms. The molecule has 0 radical (unpaired) electrons. The van der Waals surface area contributed by atoms with E-state index in [4.69, 9.17) is 4.74 Å². The summed E-state index contributed by atoms with van der Waals surface area (Å²) in [6.07, 6.45) is 2.75. The molecule has 0 unspecified atom stereocenters. The zero-order chi connectivity index (χ0) is 21.7. The second-order valence-corrected chi connectivity index (χ2v) is 9.79. The number of carbonyl (C=O) groups excluding carboxylic acids is 2. The summed E-state index contributed by atoms with van der Waals surface area (Å²) in [5.41, 5.74) is 1.34. The number of sulfonamides is 1. The SMILES string of the molecule is CCOC(=O)Cc1csc(NC(=O)c2ccc(C)c(S(=O)(=O)N3CCCCC3)c2)n1. The van der Waals surface area contributed by atoms with Crippen LogP contribution in [0.4, 0.5) is 5.13 Å². The number of esters is 1. The highest BCUT2D eigenvalue weighted by atomic mass is 32.2. The number of nitrogens with one attached hydrogen (secondary N) is 1. The van der Waals surface area contributed by atoms with Gasteiger partial charge in [0.2, 0.25) is 10.0 Å². The predicted octanol–water partition coefficient (Wildman–Crippen LogP) is 2.98. The summed E-state index contributed by atoms with van der Waals surface area (Å²) < 4.78 is 32.5. The molecule has 3 rings (SSSR count). The Labute approximate surface area is 180 Å². The molecule has 30 heavy (non-hydrogen) atoms. The molecule has 0 spiro atoms. The number of anilines is 1. The van der Waals surface area contributed by atoms with Gasteiger partial charge in [-0.05, 0) is 44.4 Å². The molecule has 2 aromatic rings. The average Bonchev–Trinajstić information content (AvgIpc) is 3.15. The molecule has 1 fully saturated rings. The third-order valence-electron chi connectivity index (χ3n) is 4.79. The van der Waals surface area contributed by atoms with Crippen molar-refractivity contribution in [3.63, 3.8) is 0 Å². The number of aryl methyl sites for hydroxylation is 1. The number of rotatable bonds is 7. The fraction of sp³-hybridized carbons (Fsp3) is 0.450. The summed E-state index contributed by atoms with van der Waals surface area (Å²) in [6, 6.07) is 4.65. The summed E-state index contributed by atoms with van der Waals surface area (Å²) in [4.78, 5) is 28.6.